The van der Waals surface area contributed by atoms with Crippen molar-refractivity contribution in [1.82, 2.24) is 5.32 Å². The molecule has 2 aromatic rings. The summed E-state index contributed by atoms with van der Waals surface area (Å²) in [5.41, 5.74) is 0.351. The minimum Gasteiger partial charge on any atom is -0.508 e. The van der Waals surface area contributed by atoms with Gasteiger partial charge in [0, 0.05) is 11.1 Å². The number of aliphatic hydroxyl groups is 1. The third-order valence-electron chi connectivity index (χ3n) is 3.38. The molecule has 8 heteroatoms. The molecule has 134 valence electrons. The van der Waals surface area contributed by atoms with Crippen molar-refractivity contribution in [1.29, 1.82) is 0 Å². The number of phenols is 1. The van der Waals surface area contributed by atoms with E-state index in [1.54, 1.807) is 18.2 Å². The molecule has 1 atom stereocenters. The third kappa shape index (κ3) is 5.39. The average Bonchev–Trinajstić information content (AvgIpc) is 2.54. The van der Waals surface area contributed by atoms with E-state index < -0.39 is 30.7 Å². The molecule has 0 aliphatic carbocycles. The van der Waals surface area contributed by atoms with Crippen molar-refractivity contribution in [2.24, 2.45) is 0 Å². The van der Waals surface area contributed by atoms with Gasteiger partial charge < -0.3 is 20.3 Å². The number of para-hydroxylation sites is 2. The summed E-state index contributed by atoms with van der Waals surface area (Å²) >= 11 is 0. The van der Waals surface area contributed by atoms with E-state index >= 15 is 0 Å². The van der Waals surface area contributed by atoms with Crippen molar-refractivity contribution >= 4 is 5.91 Å². The van der Waals surface area contributed by atoms with Crippen LogP contribution in [-0.4, -0.2) is 29.1 Å². The van der Waals surface area contributed by atoms with Gasteiger partial charge in [-0.25, -0.2) is 0 Å². The lowest BCUT2D eigenvalue weighted by molar-refractivity contribution is -0.275. The molecule has 0 saturated heterocycles. The lowest BCUT2D eigenvalue weighted by Crippen LogP contribution is -2.32. The maximum atomic E-state index is 12.5. The van der Waals surface area contributed by atoms with Gasteiger partial charge in [0.1, 0.15) is 11.5 Å². The number of alkyl halides is 3. The first-order valence-corrected chi connectivity index (χ1v) is 7.32. The third-order valence-corrected chi connectivity index (χ3v) is 3.38. The minimum atomic E-state index is -4.89. The molecule has 0 heterocycles. The highest BCUT2D eigenvalue weighted by molar-refractivity contribution is 5.79. The van der Waals surface area contributed by atoms with E-state index in [0.717, 1.165) is 6.07 Å². The highest BCUT2D eigenvalue weighted by Crippen LogP contribution is 2.30. The van der Waals surface area contributed by atoms with Gasteiger partial charge in [-0.15, -0.1) is 13.2 Å². The number of amides is 1. The summed E-state index contributed by atoms with van der Waals surface area (Å²) in [6.45, 7) is -0.620. The Hall–Kier alpha value is -2.74. The second-order valence-electron chi connectivity index (χ2n) is 5.19. The molecule has 1 unspecified atom stereocenters. The predicted octanol–water partition coefficient (Wildman–Crippen LogP) is 2.68. The molecular formula is C17H16F3NO4. The van der Waals surface area contributed by atoms with Gasteiger partial charge in [0.05, 0.1) is 19.1 Å². The number of benzene rings is 2. The van der Waals surface area contributed by atoms with Crippen LogP contribution in [0.2, 0.25) is 0 Å². The molecule has 3 N–H and O–H groups in total. The molecule has 0 radical (unpaired) electrons. The summed E-state index contributed by atoms with van der Waals surface area (Å²) in [7, 11) is 0. The number of aliphatic hydroxyl groups excluding tert-OH is 1. The lowest BCUT2D eigenvalue weighted by atomic mass is 10.1. The van der Waals surface area contributed by atoms with Crippen molar-refractivity contribution in [2.75, 3.05) is 6.61 Å². The van der Waals surface area contributed by atoms with Gasteiger partial charge in [-0.1, -0.05) is 36.4 Å². The fourth-order valence-electron chi connectivity index (χ4n) is 2.29. The smallest absolute Gasteiger partial charge is 0.508 e. The van der Waals surface area contributed by atoms with E-state index in [4.69, 9.17) is 0 Å². The number of aromatic hydroxyl groups is 1. The summed E-state index contributed by atoms with van der Waals surface area (Å²) in [5, 5.41) is 21.6. The van der Waals surface area contributed by atoms with Crippen LogP contribution in [0.5, 0.6) is 11.5 Å². The molecule has 0 aromatic heterocycles. The molecule has 2 rings (SSSR count). The standard InChI is InChI=1S/C17H16F3NO4/c18-17(19,20)25-15-8-4-2-6-12(15)13(10-22)21-16(24)9-11-5-1-3-7-14(11)23/h1-8,13,22-23H,9-10H2,(H,21,24). The quantitative estimate of drug-likeness (QED) is 0.744. The lowest BCUT2D eigenvalue weighted by Gasteiger charge is -2.20. The molecule has 0 spiro atoms. The number of halogens is 3. The minimum absolute atomic E-state index is 0.00652. The number of rotatable bonds is 6. The Balaban J connectivity index is 2.15. The van der Waals surface area contributed by atoms with Gasteiger partial charge in [0.15, 0.2) is 0 Å². The SMILES string of the molecule is O=C(Cc1ccccc1O)NC(CO)c1ccccc1OC(F)(F)F. The van der Waals surface area contributed by atoms with Gasteiger partial charge in [0.2, 0.25) is 5.91 Å². The van der Waals surface area contributed by atoms with Crippen LogP contribution >= 0.6 is 0 Å². The van der Waals surface area contributed by atoms with E-state index in [1.165, 1.54) is 24.3 Å². The molecule has 0 saturated carbocycles. The van der Waals surface area contributed by atoms with Crippen LogP contribution in [0, 0.1) is 0 Å². The molecule has 0 fully saturated rings. The fraction of sp³-hybridized carbons (Fsp3) is 0.235. The zero-order chi connectivity index (χ0) is 18.4. The predicted molar refractivity (Wildman–Crippen MR) is 82.9 cm³/mol. The van der Waals surface area contributed by atoms with Gasteiger partial charge in [-0.05, 0) is 12.1 Å². The molecule has 5 nitrogen and oxygen atoms in total. The zero-order valence-corrected chi connectivity index (χ0v) is 13.0. The molecule has 25 heavy (non-hydrogen) atoms. The van der Waals surface area contributed by atoms with Crippen molar-refractivity contribution in [2.45, 2.75) is 18.8 Å². The average molecular weight is 355 g/mol. The van der Waals surface area contributed by atoms with Crippen LogP contribution < -0.4 is 10.1 Å². The Morgan fingerprint density at radius 2 is 1.76 bits per heavy atom. The van der Waals surface area contributed by atoms with Gasteiger partial charge >= 0.3 is 6.36 Å². The van der Waals surface area contributed by atoms with Crippen LogP contribution in [-0.2, 0) is 11.2 Å². The first-order chi connectivity index (χ1) is 11.8. The fourth-order valence-corrected chi connectivity index (χ4v) is 2.29. The number of hydrogen-bond donors (Lipinski definition) is 3. The Labute approximate surface area is 141 Å². The highest BCUT2D eigenvalue weighted by Gasteiger charge is 2.33. The van der Waals surface area contributed by atoms with Crippen molar-refractivity contribution in [3.8, 4) is 11.5 Å². The molecular weight excluding hydrogens is 339 g/mol. The number of hydrogen-bond acceptors (Lipinski definition) is 4. The number of phenolic OH excluding ortho intramolecular Hbond substituents is 1. The Bertz CT molecular complexity index is 734. The van der Waals surface area contributed by atoms with Gasteiger partial charge in [-0.3, -0.25) is 4.79 Å². The Morgan fingerprint density at radius 1 is 1.12 bits per heavy atom. The first kappa shape index (κ1) is 18.6. The van der Waals surface area contributed by atoms with Crippen molar-refractivity contribution < 1.29 is 32.9 Å². The summed E-state index contributed by atoms with van der Waals surface area (Å²) in [6.07, 6.45) is -5.08. The van der Waals surface area contributed by atoms with Gasteiger partial charge in [0.25, 0.3) is 0 Å². The van der Waals surface area contributed by atoms with Crippen LogP contribution in [0.4, 0.5) is 13.2 Å². The molecule has 0 aliphatic rings. The molecule has 1 amide bonds. The van der Waals surface area contributed by atoms with E-state index in [1.807, 2.05) is 0 Å². The van der Waals surface area contributed by atoms with E-state index in [-0.39, 0.29) is 17.7 Å². The zero-order valence-electron chi connectivity index (χ0n) is 13.0. The van der Waals surface area contributed by atoms with Crippen LogP contribution in [0.3, 0.4) is 0 Å². The molecule has 0 aliphatic heterocycles. The maximum Gasteiger partial charge on any atom is 0.573 e. The maximum absolute atomic E-state index is 12.5. The Morgan fingerprint density at radius 3 is 2.40 bits per heavy atom. The number of ether oxygens (including phenoxy) is 1. The molecule has 2 aromatic carbocycles. The normalized spacial score (nSPS) is 12.5. The van der Waals surface area contributed by atoms with E-state index in [2.05, 4.69) is 10.1 Å². The van der Waals surface area contributed by atoms with Gasteiger partial charge in [-0.2, -0.15) is 0 Å². The number of carbonyl (C=O) groups is 1. The largest absolute Gasteiger partial charge is 0.573 e. The number of nitrogens with one attached hydrogen (secondary N) is 1. The second-order valence-corrected chi connectivity index (χ2v) is 5.19. The van der Waals surface area contributed by atoms with Crippen molar-refractivity contribution in [3.63, 3.8) is 0 Å². The van der Waals surface area contributed by atoms with E-state index in [0.29, 0.717) is 5.56 Å². The van der Waals surface area contributed by atoms with Crippen LogP contribution in [0.1, 0.15) is 17.2 Å². The summed E-state index contributed by atoms with van der Waals surface area (Å²) in [6, 6.07) is 10.3. The van der Waals surface area contributed by atoms with Crippen LogP contribution in [0.15, 0.2) is 48.5 Å². The summed E-state index contributed by atoms with van der Waals surface area (Å²) in [4.78, 5) is 12.1. The Kier molecular flexibility index (Phi) is 5.87. The molecule has 0 bridgehead atoms. The monoisotopic (exact) mass is 355 g/mol. The first-order valence-electron chi connectivity index (χ1n) is 7.32. The summed E-state index contributed by atoms with van der Waals surface area (Å²) in [5.74, 6) is -1.14. The van der Waals surface area contributed by atoms with Crippen molar-refractivity contribution in [3.05, 3.63) is 59.7 Å². The number of carbonyl (C=O) groups excluding carboxylic acids is 1. The topological polar surface area (TPSA) is 78.8 Å². The highest BCUT2D eigenvalue weighted by atomic mass is 19.4. The summed E-state index contributed by atoms with van der Waals surface area (Å²) < 4.78 is 41.4. The van der Waals surface area contributed by atoms with Crippen LogP contribution in [0.25, 0.3) is 0 Å². The van der Waals surface area contributed by atoms with E-state index in [9.17, 15) is 28.2 Å². The second kappa shape index (κ2) is 7.89.